The van der Waals surface area contributed by atoms with Crippen LogP contribution >= 0.6 is 15.9 Å². The molecule has 1 N–H and O–H groups in total. The van der Waals surface area contributed by atoms with Gasteiger partial charge in [-0.2, -0.15) is 0 Å². The van der Waals surface area contributed by atoms with Crippen LogP contribution in [-0.4, -0.2) is 39.4 Å². The van der Waals surface area contributed by atoms with Gasteiger partial charge in [-0.15, -0.1) is 0 Å². The summed E-state index contributed by atoms with van der Waals surface area (Å²) >= 11 is 3.43. The van der Waals surface area contributed by atoms with Crippen molar-refractivity contribution in [1.82, 2.24) is 5.32 Å². The summed E-state index contributed by atoms with van der Waals surface area (Å²) in [5, 5.41) is 2.98. The van der Waals surface area contributed by atoms with Gasteiger partial charge in [0.05, 0.1) is 12.0 Å². The van der Waals surface area contributed by atoms with E-state index in [1.165, 1.54) is 0 Å². The molecule has 0 unspecified atom stereocenters. The van der Waals surface area contributed by atoms with Crippen LogP contribution in [0.4, 0.5) is 0 Å². The van der Waals surface area contributed by atoms with Crippen LogP contribution in [0.25, 0.3) is 0 Å². The Labute approximate surface area is 128 Å². The van der Waals surface area contributed by atoms with Crippen LogP contribution < -0.4 is 5.32 Å². The summed E-state index contributed by atoms with van der Waals surface area (Å²) in [4.78, 5) is 12.6. The molecule has 0 saturated carbocycles. The van der Waals surface area contributed by atoms with Gasteiger partial charge in [0.15, 0.2) is 0 Å². The lowest BCUT2D eigenvalue weighted by Gasteiger charge is -2.36. The van der Waals surface area contributed by atoms with E-state index in [1.807, 2.05) is 24.3 Å². The van der Waals surface area contributed by atoms with Gasteiger partial charge in [0.1, 0.15) is 0 Å². The van der Waals surface area contributed by atoms with Gasteiger partial charge in [0.25, 0.3) is 0 Å². The summed E-state index contributed by atoms with van der Waals surface area (Å²) in [5.41, 5.74) is 0.575. The molecule has 0 aliphatic carbocycles. The molecule has 110 valence electrons. The van der Waals surface area contributed by atoms with E-state index in [0.29, 0.717) is 39.2 Å². The first-order valence-electron chi connectivity index (χ1n) is 6.80. The Balaban J connectivity index is 2.20. The smallest absolute Gasteiger partial charge is 0.230 e. The zero-order valence-electron chi connectivity index (χ0n) is 11.7. The average molecular weight is 342 g/mol. The lowest BCUT2D eigenvalue weighted by molar-refractivity contribution is -0.130. The van der Waals surface area contributed by atoms with Gasteiger partial charge in [-0.25, -0.2) is 0 Å². The van der Waals surface area contributed by atoms with E-state index in [4.69, 9.17) is 9.47 Å². The number of rotatable bonds is 5. The van der Waals surface area contributed by atoms with E-state index < -0.39 is 5.41 Å². The molecule has 2 rings (SSSR count). The van der Waals surface area contributed by atoms with Gasteiger partial charge in [-0.05, 0) is 30.5 Å². The van der Waals surface area contributed by atoms with Crippen LogP contribution in [0.2, 0.25) is 0 Å². The van der Waals surface area contributed by atoms with Gasteiger partial charge >= 0.3 is 0 Å². The molecule has 1 heterocycles. The van der Waals surface area contributed by atoms with Crippen molar-refractivity contribution in [3.8, 4) is 0 Å². The molecule has 0 bridgehead atoms. The number of methoxy groups -OCH3 is 1. The molecular weight excluding hydrogens is 322 g/mol. The van der Waals surface area contributed by atoms with Crippen LogP contribution in [0.15, 0.2) is 28.7 Å². The second-order valence-electron chi connectivity index (χ2n) is 4.95. The van der Waals surface area contributed by atoms with Crippen molar-refractivity contribution in [2.45, 2.75) is 18.3 Å². The van der Waals surface area contributed by atoms with Crippen LogP contribution in [0.1, 0.15) is 18.4 Å². The number of halogens is 1. The third kappa shape index (κ3) is 3.40. The van der Waals surface area contributed by atoms with E-state index in [1.54, 1.807) is 7.11 Å². The number of hydrogen-bond acceptors (Lipinski definition) is 3. The summed E-state index contributed by atoms with van der Waals surface area (Å²) in [6.45, 7) is 2.30. The minimum absolute atomic E-state index is 0.0696. The highest BCUT2D eigenvalue weighted by molar-refractivity contribution is 9.10. The van der Waals surface area contributed by atoms with Crippen molar-refractivity contribution < 1.29 is 14.3 Å². The normalized spacial score (nSPS) is 17.7. The highest BCUT2D eigenvalue weighted by Gasteiger charge is 2.41. The second-order valence-corrected chi connectivity index (χ2v) is 5.87. The van der Waals surface area contributed by atoms with Crippen LogP contribution in [0.5, 0.6) is 0 Å². The molecular formula is C15H20BrNO3. The minimum Gasteiger partial charge on any atom is -0.383 e. The summed E-state index contributed by atoms with van der Waals surface area (Å²) in [6.07, 6.45) is 1.43. The molecule has 0 atom stereocenters. The van der Waals surface area contributed by atoms with E-state index >= 15 is 0 Å². The molecule has 1 aromatic carbocycles. The third-order valence-corrected chi connectivity index (χ3v) is 4.30. The first-order chi connectivity index (χ1) is 9.69. The van der Waals surface area contributed by atoms with E-state index in [0.717, 1.165) is 10.0 Å². The highest BCUT2D eigenvalue weighted by Crippen LogP contribution is 2.35. The lowest BCUT2D eigenvalue weighted by Crippen LogP contribution is -2.48. The van der Waals surface area contributed by atoms with Crippen LogP contribution in [0, 0.1) is 0 Å². The fourth-order valence-electron chi connectivity index (χ4n) is 2.57. The first-order valence-corrected chi connectivity index (χ1v) is 7.59. The number of nitrogens with one attached hydrogen (secondary N) is 1. The summed E-state index contributed by atoms with van der Waals surface area (Å²) in [6, 6.07) is 8.00. The largest absolute Gasteiger partial charge is 0.383 e. The molecule has 20 heavy (non-hydrogen) atoms. The minimum atomic E-state index is -0.479. The Kier molecular flexibility index (Phi) is 5.57. The van der Waals surface area contributed by atoms with Gasteiger partial charge in [-0.1, -0.05) is 28.1 Å². The van der Waals surface area contributed by atoms with Crippen molar-refractivity contribution in [3.63, 3.8) is 0 Å². The molecule has 0 radical (unpaired) electrons. The summed E-state index contributed by atoms with van der Waals surface area (Å²) in [7, 11) is 1.63. The Bertz CT molecular complexity index is 441. The fourth-order valence-corrected chi connectivity index (χ4v) is 2.84. The van der Waals surface area contributed by atoms with Gasteiger partial charge in [-0.3, -0.25) is 4.79 Å². The zero-order valence-corrected chi connectivity index (χ0v) is 13.2. The Morgan fingerprint density at radius 1 is 1.35 bits per heavy atom. The molecule has 0 aromatic heterocycles. The first kappa shape index (κ1) is 15.5. The predicted octanol–water partition coefficient (Wildman–Crippen LogP) is 2.26. The van der Waals surface area contributed by atoms with Crippen LogP contribution in [0.3, 0.4) is 0 Å². The zero-order chi connectivity index (χ0) is 14.4. The molecule has 1 amide bonds. The maximum Gasteiger partial charge on any atom is 0.230 e. The Hall–Kier alpha value is -0.910. The number of carbonyl (C=O) groups excluding carboxylic acids is 1. The van der Waals surface area contributed by atoms with Gasteiger partial charge in [0, 0.05) is 31.3 Å². The molecule has 1 aromatic rings. The number of hydrogen-bond donors (Lipinski definition) is 1. The fraction of sp³-hybridized carbons (Fsp3) is 0.533. The van der Waals surface area contributed by atoms with Crippen molar-refractivity contribution in [1.29, 1.82) is 0 Å². The van der Waals surface area contributed by atoms with Crippen LogP contribution in [-0.2, 0) is 19.7 Å². The number of amides is 1. The second kappa shape index (κ2) is 7.20. The van der Waals surface area contributed by atoms with Crippen molar-refractivity contribution in [2.75, 3.05) is 33.5 Å². The summed E-state index contributed by atoms with van der Waals surface area (Å²) < 4.78 is 11.4. The predicted molar refractivity (Wildman–Crippen MR) is 80.8 cm³/mol. The van der Waals surface area contributed by atoms with E-state index in [2.05, 4.69) is 21.2 Å². The lowest BCUT2D eigenvalue weighted by atomic mass is 9.73. The SMILES string of the molecule is COCCNC(=O)C1(c2ccc(Br)cc2)CCOCC1. The quantitative estimate of drug-likeness (QED) is 0.835. The number of carbonyl (C=O) groups is 1. The molecule has 1 aliphatic rings. The number of benzene rings is 1. The van der Waals surface area contributed by atoms with Crippen molar-refractivity contribution in [2.24, 2.45) is 0 Å². The molecule has 5 heteroatoms. The monoisotopic (exact) mass is 341 g/mol. The summed E-state index contributed by atoms with van der Waals surface area (Å²) in [5.74, 6) is 0.0696. The van der Waals surface area contributed by atoms with Gasteiger partial charge in [0.2, 0.25) is 5.91 Å². The third-order valence-electron chi connectivity index (χ3n) is 3.77. The maximum absolute atomic E-state index is 12.6. The highest BCUT2D eigenvalue weighted by atomic mass is 79.9. The Morgan fingerprint density at radius 3 is 2.60 bits per heavy atom. The van der Waals surface area contributed by atoms with E-state index in [-0.39, 0.29) is 5.91 Å². The molecule has 1 saturated heterocycles. The van der Waals surface area contributed by atoms with Crippen molar-refractivity contribution >= 4 is 21.8 Å². The van der Waals surface area contributed by atoms with Crippen molar-refractivity contribution in [3.05, 3.63) is 34.3 Å². The Morgan fingerprint density at radius 2 is 2.00 bits per heavy atom. The number of ether oxygens (including phenoxy) is 2. The standard InChI is InChI=1S/C15H20BrNO3/c1-19-11-8-17-14(18)15(6-9-20-10-7-15)12-2-4-13(16)5-3-12/h2-5H,6-11H2,1H3,(H,17,18). The topological polar surface area (TPSA) is 47.6 Å². The molecule has 1 fully saturated rings. The average Bonchev–Trinajstić information content (AvgIpc) is 2.49. The maximum atomic E-state index is 12.6. The molecule has 4 nitrogen and oxygen atoms in total. The van der Waals surface area contributed by atoms with E-state index in [9.17, 15) is 4.79 Å². The van der Waals surface area contributed by atoms with Gasteiger partial charge < -0.3 is 14.8 Å². The molecule has 1 aliphatic heterocycles. The molecule has 0 spiro atoms.